The summed E-state index contributed by atoms with van der Waals surface area (Å²) in [6.07, 6.45) is -13.5. The van der Waals surface area contributed by atoms with Crippen molar-refractivity contribution in [3.63, 3.8) is 0 Å². The first-order chi connectivity index (χ1) is 10.3. The summed E-state index contributed by atoms with van der Waals surface area (Å²) in [4.78, 5) is 11.6. The molecule has 3 nitrogen and oxygen atoms in total. The van der Waals surface area contributed by atoms with Gasteiger partial charge >= 0.3 is 18.4 Å². The van der Waals surface area contributed by atoms with E-state index < -0.39 is 36.5 Å². The van der Waals surface area contributed by atoms with Gasteiger partial charge in [-0.15, -0.1) is 0 Å². The monoisotopic (exact) mass is 349 g/mol. The number of amides is 1. The van der Waals surface area contributed by atoms with E-state index in [0.717, 1.165) is 5.32 Å². The highest BCUT2D eigenvalue weighted by molar-refractivity contribution is 5.69. The third-order valence-corrected chi connectivity index (χ3v) is 4.64. The summed E-state index contributed by atoms with van der Waals surface area (Å²) in [5.74, 6) is 0.556. The van der Waals surface area contributed by atoms with Gasteiger partial charge in [0.2, 0.25) is 5.54 Å². The van der Waals surface area contributed by atoms with Crippen molar-refractivity contribution in [3.8, 4) is 0 Å². The lowest BCUT2D eigenvalue weighted by atomic mass is 9.80. The molecule has 1 N–H and O–H groups in total. The lowest BCUT2D eigenvalue weighted by Crippen LogP contribution is -2.67. The Morgan fingerprint density at radius 2 is 1.57 bits per heavy atom. The van der Waals surface area contributed by atoms with Gasteiger partial charge in [0.1, 0.15) is 6.10 Å². The van der Waals surface area contributed by atoms with Gasteiger partial charge in [-0.3, -0.25) is 5.32 Å². The van der Waals surface area contributed by atoms with Crippen LogP contribution in [0.1, 0.15) is 46.5 Å². The highest BCUT2D eigenvalue weighted by Gasteiger charge is 2.71. The van der Waals surface area contributed by atoms with Crippen LogP contribution >= 0.6 is 0 Å². The number of ether oxygens (including phenoxy) is 1. The number of carbonyl (C=O) groups is 1. The van der Waals surface area contributed by atoms with Gasteiger partial charge in [-0.2, -0.15) is 26.3 Å². The molecule has 1 fully saturated rings. The van der Waals surface area contributed by atoms with Crippen LogP contribution in [-0.4, -0.2) is 30.1 Å². The van der Waals surface area contributed by atoms with E-state index in [4.69, 9.17) is 4.74 Å². The summed E-state index contributed by atoms with van der Waals surface area (Å²) in [6, 6.07) is 0. The Morgan fingerprint density at radius 1 is 1.04 bits per heavy atom. The SMILES string of the molecule is CCC(NC(=O)O[C@@H]1CC[C@H](C)[C@H](C)C1)(C(F)(F)F)C(F)(F)F. The predicted octanol–water partition coefficient (Wildman–Crippen LogP) is 4.81. The molecule has 136 valence electrons. The maximum Gasteiger partial charge on any atom is 0.420 e. The van der Waals surface area contributed by atoms with Gasteiger partial charge in [0.25, 0.3) is 0 Å². The van der Waals surface area contributed by atoms with Crippen molar-refractivity contribution in [1.82, 2.24) is 5.32 Å². The van der Waals surface area contributed by atoms with Crippen LogP contribution in [0.4, 0.5) is 31.1 Å². The van der Waals surface area contributed by atoms with Gasteiger partial charge < -0.3 is 4.74 Å². The molecule has 1 aliphatic rings. The smallest absolute Gasteiger partial charge is 0.420 e. The number of nitrogens with one attached hydrogen (secondary N) is 1. The minimum Gasteiger partial charge on any atom is -0.446 e. The normalized spacial score (nSPS) is 26.7. The minimum absolute atomic E-state index is 0.183. The Kier molecular flexibility index (Phi) is 5.85. The van der Waals surface area contributed by atoms with Crippen LogP contribution in [0, 0.1) is 11.8 Å². The van der Waals surface area contributed by atoms with Crippen molar-refractivity contribution >= 4 is 6.09 Å². The number of alkyl carbamates (subject to hydrolysis) is 1. The van der Waals surface area contributed by atoms with Crippen LogP contribution in [0.2, 0.25) is 0 Å². The molecule has 0 aromatic carbocycles. The molecular weight excluding hydrogens is 328 g/mol. The molecule has 0 unspecified atom stereocenters. The van der Waals surface area contributed by atoms with Crippen molar-refractivity contribution in [2.75, 3.05) is 0 Å². The van der Waals surface area contributed by atoms with E-state index in [0.29, 0.717) is 32.1 Å². The van der Waals surface area contributed by atoms with Gasteiger partial charge in [-0.05, 0) is 37.5 Å². The van der Waals surface area contributed by atoms with E-state index in [2.05, 4.69) is 0 Å². The third-order valence-electron chi connectivity index (χ3n) is 4.64. The molecule has 1 rings (SSSR count). The molecule has 0 aliphatic heterocycles. The first-order valence-electron chi connectivity index (χ1n) is 7.46. The molecule has 0 saturated heterocycles. The van der Waals surface area contributed by atoms with E-state index in [1.165, 1.54) is 0 Å². The Bertz CT molecular complexity index is 406. The van der Waals surface area contributed by atoms with Crippen molar-refractivity contribution in [2.45, 2.75) is 70.4 Å². The molecule has 3 atom stereocenters. The van der Waals surface area contributed by atoms with Gasteiger partial charge in [0.05, 0.1) is 0 Å². The van der Waals surface area contributed by atoms with E-state index in [9.17, 15) is 31.1 Å². The zero-order chi connectivity index (χ0) is 18.1. The fraction of sp³-hybridized carbons (Fsp3) is 0.929. The molecule has 0 radical (unpaired) electrons. The number of halogens is 6. The average molecular weight is 349 g/mol. The molecule has 0 spiro atoms. The van der Waals surface area contributed by atoms with Crippen molar-refractivity contribution < 1.29 is 35.9 Å². The Morgan fingerprint density at radius 3 is 1.96 bits per heavy atom. The summed E-state index contributed by atoms with van der Waals surface area (Å²) in [5.41, 5.74) is -4.30. The standard InChI is InChI=1S/C14H21F6NO2/c1-4-12(13(15,16)17,14(18,19)20)21-11(22)23-10-6-5-8(2)9(3)7-10/h8-10H,4-7H2,1-3H3,(H,21,22)/t8-,9+,10+/m0/s1. The average Bonchev–Trinajstić information content (AvgIpc) is 2.37. The van der Waals surface area contributed by atoms with E-state index >= 15 is 0 Å². The second kappa shape index (κ2) is 6.76. The van der Waals surface area contributed by atoms with E-state index in [1.807, 2.05) is 13.8 Å². The zero-order valence-electron chi connectivity index (χ0n) is 13.1. The van der Waals surface area contributed by atoms with Crippen molar-refractivity contribution in [3.05, 3.63) is 0 Å². The number of hydrogen-bond donors (Lipinski definition) is 1. The van der Waals surface area contributed by atoms with Crippen LogP contribution in [0.15, 0.2) is 0 Å². The highest BCUT2D eigenvalue weighted by Crippen LogP contribution is 2.45. The summed E-state index contributed by atoms with van der Waals surface area (Å²) in [6.45, 7) is 4.61. The van der Waals surface area contributed by atoms with Crippen LogP contribution in [0.25, 0.3) is 0 Å². The predicted molar refractivity (Wildman–Crippen MR) is 70.7 cm³/mol. The lowest BCUT2D eigenvalue weighted by molar-refractivity contribution is -0.305. The van der Waals surface area contributed by atoms with E-state index in [-0.39, 0.29) is 5.92 Å². The number of hydrogen-bond acceptors (Lipinski definition) is 2. The second-order valence-corrected chi connectivity index (χ2v) is 6.17. The van der Waals surface area contributed by atoms with Crippen molar-refractivity contribution in [2.24, 2.45) is 11.8 Å². The molecular formula is C14H21F6NO2. The lowest BCUT2D eigenvalue weighted by Gasteiger charge is -2.37. The molecule has 0 bridgehead atoms. The Balaban J connectivity index is 2.83. The number of rotatable bonds is 3. The molecule has 9 heteroatoms. The number of alkyl halides is 6. The first kappa shape index (κ1) is 19.9. The Hall–Kier alpha value is -1.15. The molecule has 1 amide bonds. The summed E-state index contributed by atoms with van der Waals surface area (Å²) in [7, 11) is 0. The second-order valence-electron chi connectivity index (χ2n) is 6.17. The summed E-state index contributed by atoms with van der Waals surface area (Å²) < 4.78 is 82.4. The molecule has 23 heavy (non-hydrogen) atoms. The quantitative estimate of drug-likeness (QED) is 0.743. The van der Waals surface area contributed by atoms with Gasteiger partial charge in [0, 0.05) is 0 Å². The van der Waals surface area contributed by atoms with Crippen LogP contribution in [-0.2, 0) is 4.74 Å². The van der Waals surface area contributed by atoms with Gasteiger partial charge in [-0.1, -0.05) is 20.8 Å². The van der Waals surface area contributed by atoms with Gasteiger partial charge in [-0.25, -0.2) is 4.79 Å². The minimum atomic E-state index is -5.67. The molecule has 1 aliphatic carbocycles. The zero-order valence-corrected chi connectivity index (χ0v) is 13.1. The summed E-state index contributed by atoms with van der Waals surface area (Å²) >= 11 is 0. The maximum absolute atomic E-state index is 12.9. The van der Waals surface area contributed by atoms with Crippen LogP contribution in [0.3, 0.4) is 0 Å². The fourth-order valence-electron chi connectivity index (χ4n) is 2.75. The largest absolute Gasteiger partial charge is 0.446 e. The molecule has 0 heterocycles. The van der Waals surface area contributed by atoms with Gasteiger partial charge in [0.15, 0.2) is 0 Å². The molecule has 0 aromatic heterocycles. The molecule has 1 saturated carbocycles. The van der Waals surface area contributed by atoms with Crippen molar-refractivity contribution in [1.29, 1.82) is 0 Å². The fourth-order valence-corrected chi connectivity index (χ4v) is 2.75. The Labute approximate surface area is 130 Å². The number of carbonyl (C=O) groups excluding carboxylic acids is 1. The summed E-state index contributed by atoms with van der Waals surface area (Å²) in [5, 5.41) is 1.02. The highest BCUT2D eigenvalue weighted by atomic mass is 19.4. The maximum atomic E-state index is 12.9. The first-order valence-corrected chi connectivity index (χ1v) is 7.46. The van der Waals surface area contributed by atoms with Crippen LogP contribution in [0.5, 0.6) is 0 Å². The third kappa shape index (κ3) is 4.23. The molecule has 0 aromatic rings. The van der Waals surface area contributed by atoms with E-state index in [1.54, 1.807) is 0 Å². The topological polar surface area (TPSA) is 38.3 Å². The van der Waals surface area contributed by atoms with Crippen LogP contribution < -0.4 is 5.32 Å².